The molecule has 1 aliphatic rings. The highest BCUT2D eigenvalue weighted by Crippen LogP contribution is 2.34. The van der Waals surface area contributed by atoms with Crippen LogP contribution in [0.15, 0.2) is 22.7 Å². The summed E-state index contributed by atoms with van der Waals surface area (Å²) in [6.45, 7) is 2.26. The largest absolute Gasteiger partial charge is 0.464 e. The highest BCUT2D eigenvalue weighted by molar-refractivity contribution is 9.10. The van der Waals surface area contributed by atoms with Crippen LogP contribution in [-0.2, 0) is 9.53 Å². The quantitative estimate of drug-likeness (QED) is 0.583. The van der Waals surface area contributed by atoms with E-state index in [1.165, 1.54) is 12.8 Å². The number of benzene rings is 1. The van der Waals surface area contributed by atoms with E-state index in [0.717, 1.165) is 35.8 Å². The summed E-state index contributed by atoms with van der Waals surface area (Å²) >= 11 is 9.45. The van der Waals surface area contributed by atoms with Crippen LogP contribution in [0.2, 0.25) is 5.02 Å². The van der Waals surface area contributed by atoms with Gasteiger partial charge in [-0.05, 0) is 53.9 Å². The number of nitrogens with one attached hydrogen (secondary N) is 1. The zero-order valence-corrected chi connectivity index (χ0v) is 14.6. The Labute approximate surface area is 139 Å². The van der Waals surface area contributed by atoms with Crippen molar-refractivity contribution >= 4 is 39.2 Å². The van der Waals surface area contributed by atoms with Gasteiger partial charge in [-0.1, -0.05) is 37.3 Å². The van der Waals surface area contributed by atoms with Crippen molar-refractivity contribution in [3.63, 3.8) is 0 Å². The number of hydrogen-bond donors (Lipinski definition) is 1. The number of carbonyl (C=O) groups excluding carboxylic acids is 1. The smallest absolute Gasteiger partial charge is 0.331 e. The molecule has 1 aromatic carbocycles. The average Bonchev–Trinajstić information content (AvgIpc) is 2.70. The van der Waals surface area contributed by atoms with Gasteiger partial charge in [-0.2, -0.15) is 0 Å². The lowest BCUT2D eigenvalue weighted by atomic mass is 9.89. The van der Waals surface area contributed by atoms with Gasteiger partial charge in [-0.3, -0.25) is 0 Å². The molecule has 0 aromatic heterocycles. The summed E-state index contributed by atoms with van der Waals surface area (Å²) in [5.41, 5.74) is 0.279. The monoisotopic (exact) mass is 373 g/mol. The van der Waals surface area contributed by atoms with E-state index in [1.54, 1.807) is 0 Å². The fraction of sp³-hybridized carbons (Fsp3) is 0.562. The van der Waals surface area contributed by atoms with Crippen LogP contribution in [0.1, 0.15) is 45.4 Å². The molecular weight excluding hydrogens is 354 g/mol. The van der Waals surface area contributed by atoms with Crippen molar-refractivity contribution in [3.05, 3.63) is 27.7 Å². The molecule has 5 heteroatoms. The van der Waals surface area contributed by atoms with E-state index in [-0.39, 0.29) is 5.97 Å². The number of ether oxygens (including phenoxy) is 1. The van der Waals surface area contributed by atoms with Gasteiger partial charge in [0, 0.05) is 10.2 Å². The minimum atomic E-state index is -0.611. The van der Waals surface area contributed by atoms with E-state index in [2.05, 4.69) is 21.2 Å². The lowest BCUT2D eigenvalue weighted by Gasteiger charge is -2.32. The number of halogens is 2. The highest BCUT2D eigenvalue weighted by atomic mass is 79.9. The van der Waals surface area contributed by atoms with Crippen LogP contribution in [-0.4, -0.2) is 18.1 Å². The molecule has 0 radical (unpaired) electrons. The molecule has 1 N–H and O–H groups in total. The molecule has 0 heterocycles. The van der Waals surface area contributed by atoms with Crippen molar-refractivity contribution in [1.82, 2.24) is 0 Å². The van der Waals surface area contributed by atoms with Crippen LogP contribution in [0, 0.1) is 0 Å². The van der Waals surface area contributed by atoms with Crippen LogP contribution in [0.4, 0.5) is 5.69 Å². The van der Waals surface area contributed by atoms with Crippen molar-refractivity contribution in [1.29, 1.82) is 0 Å². The Kier molecular flexibility index (Phi) is 5.94. The van der Waals surface area contributed by atoms with Gasteiger partial charge in [-0.15, -0.1) is 0 Å². The molecule has 0 spiro atoms. The summed E-state index contributed by atoms with van der Waals surface area (Å²) in [4.78, 5) is 12.5. The number of rotatable bonds is 4. The van der Waals surface area contributed by atoms with E-state index in [0.29, 0.717) is 11.6 Å². The number of hydrogen-bond acceptors (Lipinski definition) is 3. The summed E-state index contributed by atoms with van der Waals surface area (Å²) in [5, 5.41) is 4.08. The molecule has 0 unspecified atom stereocenters. The van der Waals surface area contributed by atoms with Gasteiger partial charge in [0.15, 0.2) is 0 Å². The van der Waals surface area contributed by atoms with Crippen LogP contribution < -0.4 is 5.32 Å². The Balaban J connectivity index is 2.25. The van der Waals surface area contributed by atoms with Gasteiger partial charge in [0.2, 0.25) is 0 Å². The molecule has 1 aliphatic carbocycles. The SMILES string of the molecule is CCOC(=O)C1(Nc2ccc(Cl)c(Br)c2)CCCCCC1. The van der Waals surface area contributed by atoms with E-state index in [9.17, 15) is 4.79 Å². The maximum atomic E-state index is 12.5. The van der Waals surface area contributed by atoms with E-state index in [1.807, 2.05) is 25.1 Å². The lowest BCUT2D eigenvalue weighted by Crippen LogP contribution is -2.47. The minimum Gasteiger partial charge on any atom is -0.464 e. The molecule has 0 bridgehead atoms. The summed E-state index contributed by atoms with van der Waals surface area (Å²) in [6.07, 6.45) is 6.06. The maximum Gasteiger partial charge on any atom is 0.331 e. The van der Waals surface area contributed by atoms with Crippen LogP contribution in [0.25, 0.3) is 0 Å². The molecule has 1 saturated carbocycles. The lowest BCUT2D eigenvalue weighted by molar-refractivity contribution is -0.149. The molecule has 1 aromatic rings. The van der Waals surface area contributed by atoms with Crippen molar-refractivity contribution in [2.24, 2.45) is 0 Å². The van der Waals surface area contributed by atoms with E-state index in [4.69, 9.17) is 16.3 Å². The second-order valence-corrected chi connectivity index (χ2v) is 6.73. The van der Waals surface area contributed by atoms with Gasteiger partial charge < -0.3 is 10.1 Å². The van der Waals surface area contributed by atoms with E-state index < -0.39 is 5.54 Å². The zero-order valence-electron chi connectivity index (χ0n) is 12.3. The fourth-order valence-corrected chi connectivity index (χ4v) is 3.33. The first-order chi connectivity index (χ1) is 10.1. The number of carbonyl (C=O) groups is 1. The Hall–Kier alpha value is -0.740. The first-order valence-electron chi connectivity index (χ1n) is 7.48. The first-order valence-corrected chi connectivity index (χ1v) is 8.65. The Morgan fingerprint density at radius 2 is 2.00 bits per heavy atom. The predicted molar refractivity (Wildman–Crippen MR) is 89.8 cm³/mol. The molecule has 3 nitrogen and oxygen atoms in total. The molecule has 0 amide bonds. The Morgan fingerprint density at radius 1 is 1.33 bits per heavy atom. The first kappa shape index (κ1) is 16.6. The highest BCUT2D eigenvalue weighted by Gasteiger charge is 2.40. The van der Waals surface area contributed by atoms with Crippen molar-refractivity contribution in [2.45, 2.75) is 51.0 Å². The van der Waals surface area contributed by atoms with Crippen molar-refractivity contribution in [2.75, 3.05) is 11.9 Å². The molecule has 0 atom stereocenters. The van der Waals surface area contributed by atoms with Crippen LogP contribution in [0.5, 0.6) is 0 Å². The summed E-state index contributed by atoms with van der Waals surface area (Å²) < 4.78 is 6.15. The molecule has 116 valence electrons. The Morgan fingerprint density at radius 3 is 2.57 bits per heavy atom. The molecule has 0 saturated heterocycles. The predicted octanol–water partition coefficient (Wildman–Crippen LogP) is 5.17. The Bertz CT molecular complexity index is 499. The number of anilines is 1. The maximum absolute atomic E-state index is 12.5. The third kappa shape index (κ3) is 4.13. The molecule has 0 aliphatic heterocycles. The molecular formula is C16H21BrClNO2. The van der Waals surface area contributed by atoms with Gasteiger partial charge in [0.05, 0.1) is 11.6 Å². The topological polar surface area (TPSA) is 38.3 Å². The molecule has 21 heavy (non-hydrogen) atoms. The van der Waals surface area contributed by atoms with Gasteiger partial charge >= 0.3 is 5.97 Å². The molecule has 2 rings (SSSR count). The van der Waals surface area contributed by atoms with E-state index >= 15 is 0 Å². The number of esters is 1. The zero-order chi connectivity index (χ0) is 15.3. The summed E-state index contributed by atoms with van der Waals surface area (Å²) in [6, 6.07) is 5.64. The normalized spacial score (nSPS) is 17.9. The molecule has 1 fully saturated rings. The van der Waals surface area contributed by atoms with Gasteiger partial charge in [0.1, 0.15) is 5.54 Å². The third-order valence-electron chi connectivity index (χ3n) is 3.93. The van der Waals surface area contributed by atoms with Gasteiger partial charge in [0.25, 0.3) is 0 Å². The van der Waals surface area contributed by atoms with Crippen LogP contribution in [0.3, 0.4) is 0 Å². The second kappa shape index (κ2) is 7.50. The van der Waals surface area contributed by atoms with Gasteiger partial charge in [-0.25, -0.2) is 4.79 Å². The standard InChI is InChI=1S/C16H21BrClNO2/c1-2-21-15(20)16(9-5-3-4-6-10-16)19-12-7-8-14(18)13(17)11-12/h7-8,11,19H,2-6,9-10H2,1H3. The summed E-state index contributed by atoms with van der Waals surface area (Å²) in [7, 11) is 0. The van der Waals surface area contributed by atoms with Crippen LogP contribution >= 0.6 is 27.5 Å². The fourth-order valence-electron chi connectivity index (χ4n) is 2.83. The summed E-state index contributed by atoms with van der Waals surface area (Å²) in [5.74, 6) is -0.141. The van der Waals surface area contributed by atoms with Crippen molar-refractivity contribution in [3.8, 4) is 0 Å². The average molecular weight is 375 g/mol. The third-order valence-corrected chi connectivity index (χ3v) is 5.14. The minimum absolute atomic E-state index is 0.141. The van der Waals surface area contributed by atoms with Crippen molar-refractivity contribution < 1.29 is 9.53 Å². The second-order valence-electron chi connectivity index (χ2n) is 5.47.